The van der Waals surface area contributed by atoms with Gasteiger partial charge in [-0.15, -0.1) is 15.3 Å². The fraction of sp³-hybridized carbons (Fsp3) is 0.400. The molecule has 3 saturated carbocycles. The average Bonchev–Trinajstić information content (AvgIpc) is 3.96. The summed E-state index contributed by atoms with van der Waals surface area (Å²) in [6.45, 7) is 0. The molecule has 6 aromatic heterocycles. The first-order valence-electron chi connectivity index (χ1n) is 23.4. The van der Waals surface area contributed by atoms with E-state index in [2.05, 4.69) is 88.1 Å². The van der Waals surface area contributed by atoms with Gasteiger partial charge in [-0.2, -0.15) is 15.3 Å². The van der Waals surface area contributed by atoms with Gasteiger partial charge in [0.1, 0.15) is 45.4 Å². The van der Waals surface area contributed by atoms with Gasteiger partial charge in [-0.25, -0.2) is 15.0 Å². The molecule has 0 saturated heterocycles. The van der Waals surface area contributed by atoms with Crippen LogP contribution in [0.15, 0.2) is 74.2 Å². The molecule has 6 aromatic rings. The number of hydrogen-bond donors (Lipinski definition) is 6. The summed E-state index contributed by atoms with van der Waals surface area (Å²) in [7, 11) is 0. The zero-order valence-corrected chi connectivity index (χ0v) is 42.6. The Morgan fingerprint density at radius 3 is 1.14 bits per heavy atom. The lowest BCUT2D eigenvalue weighted by atomic mass is 9.89. The maximum atomic E-state index is 13.0. The molecule has 0 aromatic carbocycles. The molecule has 0 atom stereocenters. The summed E-state index contributed by atoms with van der Waals surface area (Å²) in [6, 6.07) is 4.37. The predicted octanol–water partition coefficient (Wildman–Crippen LogP) is 5.66. The van der Waals surface area contributed by atoms with Crippen LogP contribution in [0.2, 0.25) is 15.1 Å². The molecule has 3 aliphatic carbocycles. The van der Waals surface area contributed by atoms with Crippen molar-refractivity contribution in [2.24, 2.45) is 0 Å². The van der Waals surface area contributed by atoms with Crippen LogP contribution in [0.4, 0.5) is 29.2 Å². The van der Waals surface area contributed by atoms with Crippen molar-refractivity contribution < 1.29 is 14.4 Å². The maximum absolute atomic E-state index is 13.0. The number of rotatable bonds is 4. The maximum Gasteiger partial charge on any atom is 0.276 e. The molecule has 7 N–H and O–H groups in total. The SMILES string of the molecule is Nc1nccnn1.O=C1NC2(CCCCC2)n2c1c(Cl)cc(Br)c2=O.O=C1NC2(CCCCC2)n2c1c(Cl)cc(Nc1nccnn1)c2=O.O=C1NC2(CCCCC2)n2c1c(Cl)cc(Nc1nccnn1)c2=O. The van der Waals surface area contributed by atoms with Crippen LogP contribution in [0.3, 0.4) is 0 Å². The summed E-state index contributed by atoms with van der Waals surface area (Å²) in [5, 5.41) is 37.3. The van der Waals surface area contributed by atoms with Gasteiger partial charge < -0.3 is 32.3 Å². The number of carbonyl (C=O) groups is 3. The first kappa shape index (κ1) is 51.0. The molecule has 3 amide bonds. The van der Waals surface area contributed by atoms with Gasteiger partial charge in [0.15, 0.2) is 0 Å². The molecule has 6 aliphatic rings. The Bertz CT molecular complexity index is 3110. The number of nitrogen functional groups attached to an aromatic ring is 1. The monoisotopic (exact) mass is 1120 g/mol. The standard InChI is InChI=1S/2C15H15ClN6O2.C12H12BrClN2O2.C3H4N4/c2*16-9-8-10(19-14-17-6-7-18-21-14)13(24)22-11(9)12(23)20-15(22)4-2-1-3-5-15;13-7-6-8(14)9-10(17)15-12(16(9)11(7)18)4-2-1-3-5-12;4-3-5-1-2-6-7-3/h2*6-8H,1-5H2,(H,20,23)(H,17,19,21);6H,1-5H2,(H,15,17);1-2H,(H2,4,5,7). The minimum Gasteiger partial charge on any atom is -0.366 e. The number of carbonyl (C=O) groups excluding carboxylic acids is 3. The van der Waals surface area contributed by atoms with Crippen molar-refractivity contribution >= 4 is 97.7 Å². The molecule has 28 heteroatoms. The van der Waals surface area contributed by atoms with Crippen LogP contribution in [0.1, 0.15) is 128 Å². The van der Waals surface area contributed by atoms with E-state index in [1.807, 2.05) is 0 Å². The first-order chi connectivity index (χ1) is 35.2. The van der Waals surface area contributed by atoms with Gasteiger partial charge in [0.2, 0.25) is 17.8 Å². The largest absolute Gasteiger partial charge is 0.366 e. The van der Waals surface area contributed by atoms with Gasteiger partial charge in [-0.05, 0) is 111 Å². The Morgan fingerprint density at radius 2 is 0.822 bits per heavy atom. The Hall–Kier alpha value is -6.96. The number of amides is 3. The fourth-order valence-corrected chi connectivity index (χ4v) is 11.7. The topological polar surface area (TPSA) is 319 Å². The van der Waals surface area contributed by atoms with Crippen molar-refractivity contribution in [1.29, 1.82) is 0 Å². The van der Waals surface area contributed by atoms with Crippen molar-refractivity contribution in [2.45, 2.75) is 113 Å². The van der Waals surface area contributed by atoms with Crippen molar-refractivity contribution in [3.8, 4) is 0 Å². The number of hydrogen-bond acceptors (Lipinski definition) is 18. The summed E-state index contributed by atoms with van der Waals surface area (Å²) < 4.78 is 4.98. The lowest BCUT2D eigenvalue weighted by molar-refractivity contribution is 0.0867. The minimum absolute atomic E-state index is 0.186. The van der Waals surface area contributed by atoms with E-state index in [1.54, 1.807) is 4.57 Å². The second-order valence-electron chi connectivity index (χ2n) is 17.9. The molecule has 73 heavy (non-hydrogen) atoms. The molecule has 9 heterocycles. The quantitative estimate of drug-likeness (QED) is 0.124. The molecular weight excluding hydrogens is 1070 g/mol. The van der Waals surface area contributed by atoms with Crippen molar-refractivity contribution in [3.63, 3.8) is 0 Å². The summed E-state index contributed by atoms with van der Waals surface area (Å²) in [6.07, 6.45) is 22.4. The van der Waals surface area contributed by atoms with E-state index in [9.17, 15) is 28.8 Å². The van der Waals surface area contributed by atoms with E-state index in [1.165, 1.54) is 64.5 Å². The summed E-state index contributed by atoms with van der Waals surface area (Å²) in [5.41, 5.74) is 3.51. The Kier molecular flexibility index (Phi) is 14.8. The van der Waals surface area contributed by atoms with Crippen LogP contribution in [0.5, 0.6) is 0 Å². The third kappa shape index (κ3) is 10.1. The molecule has 3 spiro atoms. The zero-order chi connectivity index (χ0) is 51.5. The number of nitrogens with two attached hydrogens (primary N) is 1. The highest BCUT2D eigenvalue weighted by molar-refractivity contribution is 9.10. The normalized spacial score (nSPS) is 18.0. The van der Waals surface area contributed by atoms with E-state index in [0.717, 1.165) is 96.3 Å². The second kappa shape index (κ2) is 21.2. The Labute approximate surface area is 437 Å². The van der Waals surface area contributed by atoms with Crippen LogP contribution in [-0.4, -0.2) is 77.0 Å². The van der Waals surface area contributed by atoms with E-state index in [-0.39, 0.29) is 85.1 Å². The predicted molar refractivity (Wildman–Crippen MR) is 271 cm³/mol. The van der Waals surface area contributed by atoms with E-state index in [4.69, 9.17) is 40.5 Å². The van der Waals surface area contributed by atoms with Crippen LogP contribution in [-0.2, 0) is 17.0 Å². The number of nitrogens with zero attached hydrogens (tertiary/aromatic N) is 12. The second-order valence-corrected chi connectivity index (χ2v) is 20.0. The van der Waals surface area contributed by atoms with Gasteiger partial charge in [0.05, 0.1) is 56.7 Å². The van der Waals surface area contributed by atoms with Gasteiger partial charge in [0, 0.05) is 0 Å². The third-order valence-electron chi connectivity index (χ3n) is 13.4. The molecule has 3 fully saturated rings. The number of anilines is 5. The number of fused-ring (bicyclic) bond motifs is 6. The number of aromatic nitrogens is 12. The minimum atomic E-state index is -0.682. The molecule has 24 nitrogen and oxygen atoms in total. The highest BCUT2D eigenvalue weighted by Crippen LogP contribution is 2.41. The summed E-state index contributed by atoms with van der Waals surface area (Å²) in [5.74, 6) is -0.247. The van der Waals surface area contributed by atoms with Crippen LogP contribution < -0.4 is 49.0 Å². The van der Waals surface area contributed by atoms with Gasteiger partial charge >= 0.3 is 0 Å². The fourth-order valence-electron chi connectivity index (χ4n) is 10.3. The molecule has 0 bridgehead atoms. The molecular formula is C45H46BrCl3N18O6. The molecule has 12 rings (SSSR count). The molecule has 0 radical (unpaired) electrons. The van der Waals surface area contributed by atoms with Crippen molar-refractivity contribution in [1.82, 2.24) is 75.2 Å². The lowest BCUT2D eigenvalue weighted by Gasteiger charge is -2.35. The first-order valence-corrected chi connectivity index (χ1v) is 25.3. The molecule has 380 valence electrons. The Morgan fingerprint density at radius 1 is 0.479 bits per heavy atom. The number of pyridine rings is 3. The summed E-state index contributed by atoms with van der Waals surface area (Å²) in [4.78, 5) is 86.7. The average molecular weight is 1120 g/mol. The highest BCUT2D eigenvalue weighted by atomic mass is 79.9. The lowest BCUT2D eigenvalue weighted by Crippen LogP contribution is -2.48. The number of nitrogens with one attached hydrogen (secondary N) is 5. The summed E-state index contributed by atoms with van der Waals surface area (Å²) >= 11 is 21.9. The van der Waals surface area contributed by atoms with Gasteiger partial charge in [-0.1, -0.05) is 54.1 Å². The van der Waals surface area contributed by atoms with Crippen molar-refractivity contribution in [3.05, 3.63) is 123 Å². The third-order valence-corrected chi connectivity index (χ3v) is 14.8. The van der Waals surface area contributed by atoms with E-state index >= 15 is 0 Å². The van der Waals surface area contributed by atoms with Crippen LogP contribution in [0, 0.1) is 0 Å². The van der Waals surface area contributed by atoms with E-state index in [0.29, 0.717) is 15.2 Å². The molecule has 0 unspecified atom stereocenters. The number of halogens is 4. The van der Waals surface area contributed by atoms with Crippen LogP contribution >= 0.6 is 50.7 Å². The Balaban J connectivity index is 0.000000127. The van der Waals surface area contributed by atoms with E-state index < -0.39 is 17.0 Å². The van der Waals surface area contributed by atoms with Gasteiger partial charge in [-0.3, -0.25) is 42.5 Å². The van der Waals surface area contributed by atoms with Crippen LogP contribution in [0.25, 0.3) is 0 Å². The zero-order valence-electron chi connectivity index (χ0n) is 38.7. The van der Waals surface area contributed by atoms with Crippen molar-refractivity contribution in [2.75, 3.05) is 16.4 Å². The smallest absolute Gasteiger partial charge is 0.276 e. The highest BCUT2D eigenvalue weighted by Gasteiger charge is 2.48. The molecule has 3 aliphatic heterocycles. The van der Waals surface area contributed by atoms with Gasteiger partial charge in [0.25, 0.3) is 34.4 Å².